The minimum atomic E-state index is -1.14. The topological polar surface area (TPSA) is 103 Å². The zero-order valence-electron chi connectivity index (χ0n) is 11.4. The molecule has 3 aromatic heterocycles. The van der Waals surface area contributed by atoms with Crippen molar-refractivity contribution < 1.29 is 19.1 Å². The number of fused-ring (bicyclic) bond motifs is 1. The highest BCUT2D eigenvalue weighted by Gasteiger charge is 2.18. The van der Waals surface area contributed by atoms with Crippen LogP contribution in [0.3, 0.4) is 0 Å². The van der Waals surface area contributed by atoms with Gasteiger partial charge in [-0.2, -0.15) is 9.50 Å². The van der Waals surface area contributed by atoms with Gasteiger partial charge in [0, 0.05) is 6.07 Å². The van der Waals surface area contributed by atoms with Gasteiger partial charge >= 0.3 is 12.0 Å². The van der Waals surface area contributed by atoms with Gasteiger partial charge in [0.2, 0.25) is 0 Å². The van der Waals surface area contributed by atoms with Crippen molar-refractivity contribution in [1.29, 1.82) is 0 Å². The lowest BCUT2D eigenvalue weighted by atomic mass is 10.2. The number of hydrogen-bond donors (Lipinski definition) is 1. The second-order valence-corrected chi connectivity index (χ2v) is 4.28. The quantitative estimate of drug-likeness (QED) is 0.780. The van der Waals surface area contributed by atoms with Crippen LogP contribution in [-0.2, 0) is 0 Å². The Morgan fingerprint density at radius 1 is 1.43 bits per heavy atom. The number of carboxylic acid groups (broad SMARTS) is 1. The van der Waals surface area contributed by atoms with E-state index in [2.05, 4.69) is 15.1 Å². The van der Waals surface area contributed by atoms with E-state index in [1.165, 1.54) is 6.07 Å². The van der Waals surface area contributed by atoms with E-state index in [9.17, 15) is 9.90 Å². The molecule has 3 heterocycles. The molecule has 1 N–H and O–H groups in total. The van der Waals surface area contributed by atoms with Crippen molar-refractivity contribution in [3.8, 4) is 17.5 Å². The molecule has 0 fully saturated rings. The molecule has 0 aliphatic heterocycles. The standard InChI is InChI=1S/C13H12N4O4/c1-3-20-13-15-12-14-8(10-5-4-7(2)21-10)6-9(11(18)19)17(12)16-13/h4-6H,3H2,1-2H3,(H,18,19). The molecule has 0 aliphatic rings. The zero-order valence-corrected chi connectivity index (χ0v) is 11.4. The first-order valence-electron chi connectivity index (χ1n) is 6.29. The first kappa shape index (κ1) is 13.1. The molecule has 0 radical (unpaired) electrons. The predicted octanol–water partition coefficient (Wildman–Crippen LogP) is 1.79. The van der Waals surface area contributed by atoms with Crippen LogP contribution in [-0.4, -0.2) is 37.3 Å². The Morgan fingerprint density at radius 2 is 2.24 bits per heavy atom. The minimum Gasteiger partial charge on any atom is -0.477 e. The molecule has 0 spiro atoms. The maximum atomic E-state index is 11.4. The summed E-state index contributed by atoms with van der Waals surface area (Å²) in [5.74, 6) is 0.181. The number of nitrogens with zero attached hydrogens (tertiary/aromatic N) is 4. The van der Waals surface area contributed by atoms with Gasteiger partial charge in [0.25, 0.3) is 5.78 Å². The molecule has 0 unspecified atom stereocenters. The highest BCUT2D eigenvalue weighted by atomic mass is 16.5. The van der Waals surface area contributed by atoms with E-state index in [0.29, 0.717) is 23.8 Å². The Balaban J connectivity index is 2.21. The maximum Gasteiger partial charge on any atom is 0.354 e. The van der Waals surface area contributed by atoms with E-state index in [0.717, 1.165) is 4.52 Å². The molecule has 0 amide bonds. The fourth-order valence-corrected chi connectivity index (χ4v) is 1.89. The summed E-state index contributed by atoms with van der Waals surface area (Å²) >= 11 is 0. The number of ether oxygens (including phenoxy) is 1. The number of aromatic nitrogens is 4. The number of hydrogen-bond acceptors (Lipinski definition) is 6. The first-order chi connectivity index (χ1) is 10.1. The predicted molar refractivity (Wildman–Crippen MR) is 71.3 cm³/mol. The number of furan rings is 1. The van der Waals surface area contributed by atoms with Gasteiger partial charge in [-0.1, -0.05) is 0 Å². The summed E-state index contributed by atoms with van der Waals surface area (Å²) < 4.78 is 11.8. The summed E-state index contributed by atoms with van der Waals surface area (Å²) in [6.45, 7) is 3.96. The van der Waals surface area contributed by atoms with Crippen LogP contribution >= 0.6 is 0 Å². The lowest BCUT2D eigenvalue weighted by Crippen LogP contribution is -2.08. The number of aryl methyl sites for hydroxylation is 1. The second-order valence-electron chi connectivity index (χ2n) is 4.28. The third-order valence-electron chi connectivity index (χ3n) is 2.78. The third kappa shape index (κ3) is 2.31. The largest absolute Gasteiger partial charge is 0.477 e. The normalized spacial score (nSPS) is 11.0. The molecule has 21 heavy (non-hydrogen) atoms. The Bertz CT molecular complexity index is 821. The summed E-state index contributed by atoms with van der Waals surface area (Å²) in [4.78, 5) is 19.7. The van der Waals surface area contributed by atoms with Gasteiger partial charge in [0.05, 0.1) is 6.61 Å². The van der Waals surface area contributed by atoms with Crippen LogP contribution in [0, 0.1) is 6.92 Å². The Labute approximate surface area is 119 Å². The average Bonchev–Trinajstić information content (AvgIpc) is 3.03. The lowest BCUT2D eigenvalue weighted by molar-refractivity contribution is 0.0687. The van der Waals surface area contributed by atoms with Crippen LogP contribution in [0.1, 0.15) is 23.2 Å². The van der Waals surface area contributed by atoms with Crippen LogP contribution in [0.4, 0.5) is 0 Å². The van der Waals surface area contributed by atoms with Crippen LogP contribution in [0.5, 0.6) is 6.01 Å². The molecule has 0 bridgehead atoms. The summed E-state index contributed by atoms with van der Waals surface area (Å²) in [5, 5.41) is 13.3. The maximum absolute atomic E-state index is 11.4. The number of aromatic carboxylic acids is 1. The lowest BCUT2D eigenvalue weighted by Gasteiger charge is -2.01. The Morgan fingerprint density at radius 3 is 2.86 bits per heavy atom. The molecular formula is C13H12N4O4. The van der Waals surface area contributed by atoms with Crippen LogP contribution in [0.25, 0.3) is 17.2 Å². The van der Waals surface area contributed by atoms with E-state index in [1.807, 2.05) is 0 Å². The van der Waals surface area contributed by atoms with E-state index >= 15 is 0 Å². The second kappa shape index (κ2) is 4.89. The first-order valence-corrected chi connectivity index (χ1v) is 6.29. The minimum absolute atomic E-state index is 0.0671. The van der Waals surface area contributed by atoms with Gasteiger partial charge in [0.15, 0.2) is 11.5 Å². The molecule has 0 atom stereocenters. The van der Waals surface area contributed by atoms with Crippen molar-refractivity contribution in [2.75, 3.05) is 6.61 Å². The molecule has 0 saturated heterocycles. The van der Waals surface area contributed by atoms with Gasteiger partial charge in [-0.05, 0) is 26.0 Å². The average molecular weight is 288 g/mol. The van der Waals surface area contributed by atoms with Crippen molar-refractivity contribution in [3.05, 3.63) is 29.7 Å². The Kier molecular flexibility index (Phi) is 3.05. The van der Waals surface area contributed by atoms with Crippen molar-refractivity contribution in [2.24, 2.45) is 0 Å². The van der Waals surface area contributed by atoms with Gasteiger partial charge in [-0.15, -0.1) is 5.10 Å². The van der Waals surface area contributed by atoms with Crippen molar-refractivity contribution >= 4 is 11.7 Å². The number of rotatable bonds is 4. The van der Waals surface area contributed by atoms with Crippen LogP contribution in [0.2, 0.25) is 0 Å². The van der Waals surface area contributed by atoms with Crippen molar-refractivity contribution in [1.82, 2.24) is 19.6 Å². The summed E-state index contributed by atoms with van der Waals surface area (Å²) in [6.07, 6.45) is 0. The van der Waals surface area contributed by atoms with Crippen LogP contribution in [0.15, 0.2) is 22.6 Å². The van der Waals surface area contributed by atoms with Gasteiger partial charge in [-0.3, -0.25) is 0 Å². The summed E-state index contributed by atoms with van der Waals surface area (Å²) in [7, 11) is 0. The fourth-order valence-electron chi connectivity index (χ4n) is 1.89. The van der Waals surface area contributed by atoms with E-state index < -0.39 is 5.97 Å². The fraction of sp³-hybridized carbons (Fsp3) is 0.231. The summed E-state index contributed by atoms with van der Waals surface area (Å²) in [6, 6.07) is 4.97. The molecule has 108 valence electrons. The van der Waals surface area contributed by atoms with E-state index in [-0.39, 0.29) is 17.5 Å². The SMILES string of the molecule is CCOc1nc2nc(-c3ccc(C)o3)cc(C(=O)O)n2n1. The molecule has 8 nitrogen and oxygen atoms in total. The van der Waals surface area contributed by atoms with Crippen molar-refractivity contribution in [3.63, 3.8) is 0 Å². The van der Waals surface area contributed by atoms with Gasteiger partial charge < -0.3 is 14.3 Å². The molecule has 0 saturated carbocycles. The molecule has 8 heteroatoms. The van der Waals surface area contributed by atoms with E-state index in [4.69, 9.17) is 9.15 Å². The van der Waals surface area contributed by atoms with Crippen molar-refractivity contribution in [2.45, 2.75) is 13.8 Å². The molecule has 3 rings (SSSR count). The van der Waals surface area contributed by atoms with Gasteiger partial charge in [-0.25, -0.2) is 9.78 Å². The molecule has 0 aromatic carbocycles. The molecular weight excluding hydrogens is 276 g/mol. The summed E-state index contributed by atoms with van der Waals surface area (Å²) in [5.41, 5.74) is 0.311. The third-order valence-corrected chi connectivity index (χ3v) is 2.78. The highest BCUT2D eigenvalue weighted by Crippen LogP contribution is 2.22. The zero-order chi connectivity index (χ0) is 15.0. The smallest absolute Gasteiger partial charge is 0.354 e. The van der Waals surface area contributed by atoms with Crippen LogP contribution < -0.4 is 4.74 Å². The monoisotopic (exact) mass is 288 g/mol. The van der Waals surface area contributed by atoms with E-state index in [1.54, 1.807) is 26.0 Å². The van der Waals surface area contributed by atoms with Gasteiger partial charge in [0.1, 0.15) is 11.5 Å². The Hall–Kier alpha value is -2.90. The molecule has 3 aromatic rings. The number of carboxylic acids is 1. The molecule has 0 aliphatic carbocycles. The highest BCUT2D eigenvalue weighted by molar-refractivity contribution is 5.87. The number of carbonyl (C=O) groups is 1.